The van der Waals surface area contributed by atoms with Crippen molar-refractivity contribution in [1.82, 2.24) is 5.32 Å². The summed E-state index contributed by atoms with van der Waals surface area (Å²) in [5.41, 5.74) is 1.31. The Hall–Kier alpha value is -1.68. The number of nitrogens with one attached hydrogen (secondary N) is 1. The molecular formula is C19H31N2O2+. The molecule has 0 aromatic heterocycles. The van der Waals surface area contributed by atoms with Gasteiger partial charge in [-0.3, -0.25) is 9.59 Å². The van der Waals surface area contributed by atoms with Crippen molar-refractivity contribution in [2.45, 2.75) is 39.0 Å². The monoisotopic (exact) mass is 319 g/mol. The van der Waals surface area contributed by atoms with Crippen molar-refractivity contribution in [2.24, 2.45) is 0 Å². The van der Waals surface area contributed by atoms with Crippen LogP contribution in [0.1, 0.15) is 59.7 Å². The maximum absolute atomic E-state index is 12.2. The van der Waals surface area contributed by atoms with E-state index in [-0.39, 0.29) is 11.7 Å². The molecule has 1 N–H and O–H groups in total. The zero-order chi connectivity index (χ0) is 17.3. The highest BCUT2D eigenvalue weighted by Gasteiger charge is 2.10. The second kappa shape index (κ2) is 9.46. The summed E-state index contributed by atoms with van der Waals surface area (Å²) in [6.07, 6.45) is 4.57. The number of quaternary nitrogens is 1. The number of nitrogens with zero attached hydrogens (tertiary/aromatic N) is 1. The van der Waals surface area contributed by atoms with Crippen molar-refractivity contribution in [3.8, 4) is 0 Å². The molecule has 0 aliphatic heterocycles. The molecule has 0 spiro atoms. The summed E-state index contributed by atoms with van der Waals surface area (Å²) >= 11 is 0. The SMILES string of the molecule is CCCCNC(=O)c1ccc(C(=O)CCCC[N+](C)(C)C)cc1. The van der Waals surface area contributed by atoms with Gasteiger partial charge >= 0.3 is 0 Å². The lowest BCUT2D eigenvalue weighted by atomic mass is 10.0. The third-order valence-corrected chi connectivity index (χ3v) is 3.77. The number of rotatable bonds is 10. The first kappa shape index (κ1) is 19.4. The molecule has 0 aliphatic carbocycles. The van der Waals surface area contributed by atoms with E-state index < -0.39 is 0 Å². The van der Waals surface area contributed by atoms with Gasteiger partial charge in [0.25, 0.3) is 5.91 Å². The van der Waals surface area contributed by atoms with Gasteiger partial charge in [0.15, 0.2) is 5.78 Å². The van der Waals surface area contributed by atoms with E-state index >= 15 is 0 Å². The minimum atomic E-state index is -0.0691. The van der Waals surface area contributed by atoms with Crippen LogP contribution in [0, 0.1) is 0 Å². The van der Waals surface area contributed by atoms with Gasteiger partial charge in [-0.15, -0.1) is 0 Å². The van der Waals surface area contributed by atoms with Crippen LogP contribution < -0.4 is 5.32 Å². The molecule has 0 aliphatic rings. The molecule has 23 heavy (non-hydrogen) atoms. The summed E-state index contributed by atoms with van der Waals surface area (Å²) in [7, 11) is 6.48. The maximum atomic E-state index is 12.2. The standard InChI is InChI=1S/C19H30N2O2/c1-5-6-14-20-19(23)17-12-10-16(11-13-17)18(22)9-7-8-15-21(2,3)4/h10-13H,5-9,14-15H2,1-4H3/p+1. The molecule has 1 aromatic carbocycles. The number of carbonyl (C=O) groups excluding carboxylic acids is 2. The van der Waals surface area contributed by atoms with Crippen LogP contribution in [-0.4, -0.2) is 50.4 Å². The molecule has 0 fully saturated rings. The van der Waals surface area contributed by atoms with E-state index in [1.807, 2.05) is 0 Å². The van der Waals surface area contributed by atoms with Crippen LogP contribution in [0.2, 0.25) is 0 Å². The van der Waals surface area contributed by atoms with Crippen LogP contribution in [0.25, 0.3) is 0 Å². The quantitative estimate of drug-likeness (QED) is 0.409. The van der Waals surface area contributed by atoms with Crippen LogP contribution in [0.4, 0.5) is 0 Å². The Morgan fingerprint density at radius 1 is 0.957 bits per heavy atom. The zero-order valence-corrected chi connectivity index (χ0v) is 15.0. The number of hydrogen-bond acceptors (Lipinski definition) is 2. The Labute approximate surface area is 140 Å². The van der Waals surface area contributed by atoms with Crippen molar-refractivity contribution >= 4 is 11.7 Å². The van der Waals surface area contributed by atoms with E-state index in [2.05, 4.69) is 33.4 Å². The van der Waals surface area contributed by atoms with Crippen LogP contribution in [0.3, 0.4) is 0 Å². The fraction of sp³-hybridized carbons (Fsp3) is 0.579. The normalized spacial score (nSPS) is 11.3. The van der Waals surface area contributed by atoms with E-state index in [0.29, 0.717) is 24.1 Å². The van der Waals surface area contributed by atoms with Gasteiger partial charge in [0, 0.05) is 24.1 Å². The van der Waals surface area contributed by atoms with E-state index in [0.717, 1.165) is 36.7 Å². The zero-order valence-electron chi connectivity index (χ0n) is 15.0. The molecule has 128 valence electrons. The second-order valence-electron chi connectivity index (χ2n) is 7.08. The molecule has 1 aromatic rings. The number of amides is 1. The number of unbranched alkanes of at least 4 members (excludes halogenated alkanes) is 2. The predicted molar refractivity (Wildman–Crippen MR) is 94.8 cm³/mol. The largest absolute Gasteiger partial charge is 0.352 e. The van der Waals surface area contributed by atoms with Crippen molar-refractivity contribution in [3.05, 3.63) is 35.4 Å². The number of Topliss-reactive ketones (excluding diaryl/α,β-unsaturated/α-hetero) is 1. The van der Waals surface area contributed by atoms with Crippen LogP contribution in [0.5, 0.6) is 0 Å². The summed E-state index contributed by atoms with van der Waals surface area (Å²) < 4.78 is 0.927. The third-order valence-electron chi connectivity index (χ3n) is 3.77. The number of hydrogen-bond donors (Lipinski definition) is 1. The van der Waals surface area contributed by atoms with Crippen molar-refractivity contribution < 1.29 is 14.1 Å². The predicted octanol–water partition coefficient (Wildman–Crippen LogP) is 3.28. The van der Waals surface area contributed by atoms with Crippen LogP contribution in [0.15, 0.2) is 24.3 Å². The Morgan fingerprint density at radius 2 is 1.57 bits per heavy atom. The lowest BCUT2D eigenvalue weighted by Crippen LogP contribution is -2.35. The van der Waals surface area contributed by atoms with Gasteiger partial charge in [-0.25, -0.2) is 0 Å². The lowest BCUT2D eigenvalue weighted by molar-refractivity contribution is -0.870. The highest BCUT2D eigenvalue weighted by Crippen LogP contribution is 2.10. The molecular weight excluding hydrogens is 288 g/mol. The molecule has 0 saturated carbocycles. The Morgan fingerprint density at radius 3 is 2.13 bits per heavy atom. The molecule has 0 heterocycles. The van der Waals surface area contributed by atoms with Gasteiger partial charge < -0.3 is 9.80 Å². The molecule has 0 unspecified atom stereocenters. The Balaban J connectivity index is 2.43. The highest BCUT2D eigenvalue weighted by molar-refractivity contribution is 5.98. The van der Waals surface area contributed by atoms with Crippen LogP contribution >= 0.6 is 0 Å². The Bertz CT molecular complexity index is 501. The minimum Gasteiger partial charge on any atom is -0.352 e. The molecule has 0 saturated heterocycles. The maximum Gasteiger partial charge on any atom is 0.251 e. The number of benzene rings is 1. The summed E-state index contributed by atoms with van der Waals surface area (Å²) in [5, 5.41) is 2.88. The summed E-state index contributed by atoms with van der Waals surface area (Å²) in [5.74, 6) is 0.0877. The Kier molecular flexibility index (Phi) is 7.96. The number of ketones is 1. The van der Waals surface area contributed by atoms with Gasteiger partial charge in [-0.05, 0) is 31.4 Å². The molecule has 4 nitrogen and oxygen atoms in total. The van der Waals surface area contributed by atoms with Gasteiger partial charge in [0.05, 0.1) is 27.7 Å². The first-order valence-corrected chi connectivity index (χ1v) is 8.55. The van der Waals surface area contributed by atoms with Gasteiger partial charge in [-0.2, -0.15) is 0 Å². The second-order valence-corrected chi connectivity index (χ2v) is 7.08. The number of carbonyl (C=O) groups is 2. The smallest absolute Gasteiger partial charge is 0.251 e. The molecule has 0 radical (unpaired) electrons. The van der Waals surface area contributed by atoms with Gasteiger partial charge in [-0.1, -0.05) is 25.5 Å². The molecule has 1 amide bonds. The van der Waals surface area contributed by atoms with E-state index in [1.54, 1.807) is 24.3 Å². The fourth-order valence-corrected chi connectivity index (χ4v) is 2.30. The third kappa shape index (κ3) is 7.93. The average Bonchev–Trinajstić information content (AvgIpc) is 2.50. The van der Waals surface area contributed by atoms with Crippen molar-refractivity contribution in [2.75, 3.05) is 34.2 Å². The van der Waals surface area contributed by atoms with E-state index in [4.69, 9.17) is 0 Å². The molecule has 4 heteroatoms. The van der Waals surface area contributed by atoms with Crippen molar-refractivity contribution in [1.29, 1.82) is 0 Å². The first-order valence-electron chi connectivity index (χ1n) is 8.55. The molecule has 0 bridgehead atoms. The topological polar surface area (TPSA) is 46.2 Å². The average molecular weight is 319 g/mol. The summed E-state index contributed by atoms with van der Waals surface area (Å²) in [6, 6.07) is 6.99. The molecule has 1 rings (SSSR count). The summed E-state index contributed by atoms with van der Waals surface area (Å²) in [4.78, 5) is 24.1. The minimum absolute atomic E-state index is 0.0691. The van der Waals surface area contributed by atoms with Gasteiger partial charge in [0.1, 0.15) is 0 Å². The van der Waals surface area contributed by atoms with Crippen molar-refractivity contribution in [3.63, 3.8) is 0 Å². The first-order chi connectivity index (χ1) is 10.8. The van der Waals surface area contributed by atoms with E-state index in [9.17, 15) is 9.59 Å². The molecule has 0 atom stereocenters. The fourth-order valence-electron chi connectivity index (χ4n) is 2.30. The van der Waals surface area contributed by atoms with Crippen LogP contribution in [-0.2, 0) is 0 Å². The lowest BCUT2D eigenvalue weighted by Gasteiger charge is -2.23. The summed E-state index contributed by atoms with van der Waals surface area (Å²) in [6.45, 7) is 3.86. The van der Waals surface area contributed by atoms with Gasteiger partial charge in [0.2, 0.25) is 0 Å². The van der Waals surface area contributed by atoms with E-state index in [1.165, 1.54) is 0 Å². The highest BCUT2D eigenvalue weighted by atomic mass is 16.1.